The molecule has 1 aromatic heterocycles. The number of anilines is 1. The topological polar surface area (TPSA) is 74.0 Å². The third-order valence-corrected chi connectivity index (χ3v) is 6.06. The first kappa shape index (κ1) is 20.9. The lowest BCUT2D eigenvalue weighted by molar-refractivity contribution is -0.117. The van der Waals surface area contributed by atoms with E-state index in [0.717, 1.165) is 40.6 Å². The van der Waals surface area contributed by atoms with Gasteiger partial charge in [-0.15, -0.1) is 0 Å². The number of rotatable bonds is 6. The molecular weight excluding hydrogens is 417 g/mol. The molecule has 0 saturated heterocycles. The predicted molar refractivity (Wildman–Crippen MR) is 127 cm³/mol. The zero-order chi connectivity index (χ0) is 22.9. The standard InChI is InChI=1S/C27H24FN3O2/c1-16(19-3-2-4-21(28)13-19)30-27(33)24-15-29-25-12-9-20(14-23(24)25)17-7-10-22(11-8-17)31-26(32)18-5-6-18/h2-4,7-16,18,29H,5-6H2,1H3,(H,30,33)(H,31,32). The Morgan fingerprint density at radius 2 is 1.76 bits per heavy atom. The van der Waals surface area contributed by atoms with Crippen LogP contribution in [0.4, 0.5) is 10.1 Å². The lowest BCUT2D eigenvalue weighted by atomic mass is 10.0. The Morgan fingerprint density at radius 1 is 1.00 bits per heavy atom. The quantitative estimate of drug-likeness (QED) is 0.353. The van der Waals surface area contributed by atoms with E-state index in [9.17, 15) is 14.0 Å². The van der Waals surface area contributed by atoms with E-state index in [1.807, 2.05) is 49.4 Å². The molecule has 5 rings (SSSR count). The number of nitrogens with one attached hydrogen (secondary N) is 3. The van der Waals surface area contributed by atoms with E-state index in [4.69, 9.17) is 0 Å². The number of amides is 2. The molecule has 4 aromatic rings. The number of aromatic amines is 1. The molecule has 1 aliphatic rings. The van der Waals surface area contributed by atoms with Crippen molar-refractivity contribution in [3.05, 3.63) is 89.9 Å². The van der Waals surface area contributed by atoms with Crippen molar-refractivity contribution in [2.75, 3.05) is 5.32 Å². The molecule has 1 unspecified atom stereocenters. The van der Waals surface area contributed by atoms with Crippen molar-refractivity contribution in [2.45, 2.75) is 25.8 Å². The molecule has 5 nitrogen and oxygen atoms in total. The first-order valence-corrected chi connectivity index (χ1v) is 11.1. The van der Waals surface area contributed by atoms with Crippen LogP contribution in [0, 0.1) is 11.7 Å². The molecule has 33 heavy (non-hydrogen) atoms. The summed E-state index contributed by atoms with van der Waals surface area (Å²) in [5.74, 6) is -0.315. The van der Waals surface area contributed by atoms with Gasteiger partial charge in [-0.1, -0.05) is 30.3 Å². The van der Waals surface area contributed by atoms with Gasteiger partial charge in [0.2, 0.25) is 5.91 Å². The lowest BCUT2D eigenvalue weighted by Crippen LogP contribution is -2.26. The molecule has 3 N–H and O–H groups in total. The van der Waals surface area contributed by atoms with Crippen molar-refractivity contribution < 1.29 is 14.0 Å². The fourth-order valence-electron chi connectivity index (χ4n) is 3.96. The monoisotopic (exact) mass is 441 g/mol. The summed E-state index contributed by atoms with van der Waals surface area (Å²) in [5.41, 5.74) is 4.83. The molecule has 1 heterocycles. The van der Waals surface area contributed by atoms with Gasteiger partial charge in [0.15, 0.2) is 0 Å². The van der Waals surface area contributed by atoms with E-state index in [0.29, 0.717) is 11.1 Å². The Balaban J connectivity index is 1.36. The number of carbonyl (C=O) groups is 2. The summed E-state index contributed by atoms with van der Waals surface area (Å²) in [4.78, 5) is 28.1. The lowest BCUT2D eigenvalue weighted by Gasteiger charge is -2.14. The van der Waals surface area contributed by atoms with Gasteiger partial charge in [0.25, 0.3) is 5.91 Å². The van der Waals surface area contributed by atoms with E-state index in [1.54, 1.807) is 18.3 Å². The fraction of sp³-hybridized carbons (Fsp3) is 0.185. The number of aromatic nitrogens is 1. The molecule has 1 fully saturated rings. The normalized spacial score (nSPS) is 14.1. The Morgan fingerprint density at radius 3 is 2.48 bits per heavy atom. The van der Waals surface area contributed by atoms with Crippen LogP contribution in [0.5, 0.6) is 0 Å². The third kappa shape index (κ3) is 4.51. The van der Waals surface area contributed by atoms with E-state index >= 15 is 0 Å². The van der Waals surface area contributed by atoms with Gasteiger partial charge in [0.1, 0.15) is 5.82 Å². The molecule has 1 atom stereocenters. The highest BCUT2D eigenvalue weighted by Crippen LogP contribution is 2.31. The molecule has 0 radical (unpaired) electrons. The SMILES string of the molecule is CC(NC(=O)c1c[nH]c2ccc(-c3ccc(NC(=O)C4CC4)cc3)cc12)c1cccc(F)c1. The Bertz CT molecular complexity index is 1340. The number of carbonyl (C=O) groups excluding carboxylic acids is 2. The fourth-order valence-corrected chi connectivity index (χ4v) is 3.96. The number of halogens is 1. The van der Waals surface area contributed by atoms with E-state index in [2.05, 4.69) is 15.6 Å². The van der Waals surface area contributed by atoms with Crippen molar-refractivity contribution in [3.63, 3.8) is 0 Å². The second kappa shape index (κ2) is 8.54. The maximum Gasteiger partial charge on any atom is 0.253 e. The van der Waals surface area contributed by atoms with Crippen molar-refractivity contribution in [3.8, 4) is 11.1 Å². The number of fused-ring (bicyclic) bond motifs is 1. The van der Waals surface area contributed by atoms with Crippen LogP contribution in [0.2, 0.25) is 0 Å². The van der Waals surface area contributed by atoms with E-state index in [1.165, 1.54) is 12.1 Å². The number of hydrogen-bond donors (Lipinski definition) is 3. The van der Waals surface area contributed by atoms with Crippen LogP contribution in [0.1, 0.15) is 41.7 Å². The highest BCUT2D eigenvalue weighted by molar-refractivity contribution is 6.07. The summed E-state index contributed by atoms with van der Waals surface area (Å²) in [6.07, 6.45) is 3.63. The van der Waals surface area contributed by atoms with Crippen LogP contribution in [0.15, 0.2) is 72.9 Å². The second-order valence-corrected chi connectivity index (χ2v) is 8.55. The van der Waals surface area contributed by atoms with Gasteiger partial charge in [-0.05, 0) is 72.9 Å². The van der Waals surface area contributed by atoms with E-state index < -0.39 is 0 Å². The summed E-state index contributed by atoms with van der Waals surface area (Å²) in [6.45, 7) is 1.83. The van der Waals surface area contributed by atoms with Crippen molar-refractivity contribution in [2.24, 2.45) is 5.92 Å². The summed E-state index contributed by atoms with van der Waals surface area (Å²) in [6, 6.07) is 19.5. The van der Waals surface area contributed by atoms with Crippen molar-refractivity contribution in [1.82, 2.24) is 10.3 Å². The Hall–Kier alpha value is -3.93. The van der Waals surface area contributed by atoms with Gasteiger partial charge < -0.3 is 15.6 Å². The maximum absolute atomic E-state index is 13.5. The largest absolute Gasteiger partial charge is 0.360 e. The average molecular weight is 442 g/mol. The molecule has 0 spiro atoms. The number of H-pyrrole nitrogens is 1. The van der Waals surface area contributed by atoms with Gasteiger partial charge in [-0.25, -0.2) is 4.39 Å². The predicted octanol–water partition coefficient (Wildman–Crippen LogP) is 5.81. The Labute approximate surface area is 191 Å². The van der Waals surface area contributed by atoms with Gasteiger partial charge >= 0.3 is 0 Å². The van der Waals surface area contributed by atoms with Gasteiger partial charge in [0, 0.05) is 28.7 Å². The molecule has 2 amide bonds. The number of hydrogen-bond acceptors (Lipinski definition) is 2. The molecule has 6 heteroatoms. The van der Waals surface area contributed by atoms with Gasteiger partial charge in [0.05, 0.1) is 11.6 Å². The first-order valence-electron chi connectivity index (χ1n) is 11.1. The zero-order valence-electron chi connectivity index (χ0n) is 18.2. The van der Waals surface area contributed by atoms with Crippen LogP contribution in [0.3, 0.4) is 0 Å². The summed E-state index contributed by atoms with van der Waals surface area (Å²) in [5, 5.41) is 6.71. The van der Waals surface area contributed by atoms with Gasteiger partial charge in [-0.2, -0.15) is 0 Å². The van der Waals surface area contributed by atoms with Crippen LogP contribution in [-0.4, -0.2) is 16.8 Å². The molecule has 0 bridgehead atoms. The maximum atomic E-state index is 13.5. The third-order valence-electron chi connectivity index (χ3n) is 6.06. The zero-order valence-corrected chi connectivity index (χ0v) is 18.2. The van der Waals surface area contributed by atoms with Crippen LogP contribution >= 0.6 is 0 Å². The average Bonchev–Trinajstić information content (AvgIpc) is 3.58. The highest BCUT2D eigenvalue weighted by Gasteiger charge is 2.29. The molecule has 166 valence electrons. The van der Waals surface area contributed by atoms with E-state index in [-0.39, 0.29) is 29.6 Å². The Kier molecular flexibility index (Phi) is 5.42. The minimum atomic E-state index is -0.334. The highest BCUT2D eigenvalue weighted by atomic mass is 19.1. The van der Waals surface area contributed by atoms with Crippen LogP contribution < -0.4 is 10.6 Å². The van der Waals surface area contributed by atoms with Crippen LogP contribution in [0.25, 0.3) is 22.0 Å². The minimum Gasteiger partial charge on any atom is -0.360 e. The van der Waals surface area contributed by atoms with Crippen molar-refractivity contribution >= 4 is 28.4 Å². The first-order chi connectivity index (χ1) is 16.0. The summed E-state index contributed by atoms with van der Waals surface area (Å²) in [7, 11) is 0. The molecular formula is C27H24FN3O2. The molecule has 3 aromatic carbocycles. The summed E-state index contributed by atoms with van der Waals surface area (Å²) < 4.78 is 13.5. The molecule has 0 aliphatic heterocycles. The second-order valence-electron chi connectivity index (χ2n) is 8.55. The van der Waals surface area contributed by atoms with Crippen LogP contribution in [-0.2, 0) is 4.79 Å². The molecule has 1 aliphatic carbocycles. The van der Waals surface area contributed by atoms with Crippen molar-refractivity contribution in [1.29, 1.82) is 0 Å². The molecule has 1 saturated carbocycles. The van der Waals surface area contributed by atoms with Gasteiger partial charge in [-0.3, -0.25) is 9.59 Å². The minimum absolute atomic E-state index is 0.0830. The number of benzene rings is 3. The smallest absolute Gasteiger partial charge is 0.253 e. The summed E-state index contributed by atoms with van der Waals surface area (Å²) >= 11 is 0.